The Bertz CT molecular complexity index is 56.5. The minimum absolute atomic E-state index is 0. The molecule has 0 amide bonds. The zero-order valence-corrected chi connectivity index (χ0v) is 7.65. The van der Waals surface area contributed by atoms with E-state index < -0.39 is 5.97 Å². The predicted molar refractivity (Wildman–Crippen MR) is 32.9 cm³/mol. The molecular formula is C4H11CaO4+. The van der Waals surface area contributed by atoms with Crippen molar-refractivity contribution >= 4 is 43.7 Å². The summed E-state index contributed by atoms with van der Waals surface area (Å²) in [7, 11) is 0. The van der Waals surface area contributed by atoms with E-state index in [1.165, 1.54) is 0 Å². The molecule has 4 N–H and O–H groups in total. The zero-order valence-electron chi connectivity index (χ0n) is 5.44. The van der Waals surface area contributed by atoms with Crippen molar-refractivity contribution in [2.45, 2.75) is 19.8 Å². The van der Waals surface area contributed by atoms with Crippen molar-refractivity contribution in [3.8, 4) is 0 Å². The molecule has 0 aliphatic carbocycles. The summed E-state index contributed by atoms with van der Waals surface area (Å²) in [5.74, 6) is -0.961. The fourth-order valence-electron chi connectivity index (χ4n) is 0.204. The number of carboxylic acid groups (broad SMARTS) is 1. The SMILES string of the molecule is CCCC(=O)[O-].O.O.[Ca+2]. The Kier molecular flexibility index (Phi) is 39.9. The van der Waals surface area contributed by atoms with Gasteiger partial charge in [0.1, 0.15) is 0 Å². The number of carbonyl (C=O) groups is 1. The molecule has 0 aliphatic rings. The van der Waals surface area contributed by atoms with Gasteiger partial charge in [0, 0.05) is 5.97 Å². The van der Waals surface area contributed by atoms with Crippen LogP contribution in [-0.2, 0) is 4.79 Å². The van der Waals surface area contributed by atoms with E-state index in [-0.39, 0.29) is 55.1 Å². The third-order valence-corrected chi connectivity index (χ3v) is 0.454. The molecule has 0 saturated heterocycles. The van der Waals surface area contributed by atoms with Gasteiger partial charge in [0.2, 0.25) is 0 Å². The Balaban J connectivity index is -0.0000000417. The smallest absolute Gasteiger partial charge is 0.550 e. The molecule has 0 aliphatic heterocycles. The van der Waals surface area contributed by atoms with E-state index in [0.717, 1.165) is 0 Å². The van der Waals surface area contributed by atoms with Crippen molar-refractivity contribution in [3.05, 3.63) is 0 Å². The molecule has 0 saturated carbocycles. The maximum atomic E-state index is 9.49. The van der Waals surface area contributed by atoms with Crippen LogP contribution in [-0.4, -0.2) is 54.7 Å². The Morgan fingerprint density at radius 2 is 1.78 bits per heavy atom. The maximum Gasteiger partial charge on any atom is 2.00 e. The maximum absolute atomic E-state index is 9.49. The molecule has 0 bridgehead atoms. The van der Waals surface area contributed by atoms with Gasteiger partial charge in [0.25, 0.3) is 0 Å². The average molecular weight is 163 g/mol. The molecule has 0 rings (SSSR count). The van der Waals surface area contributed by atoms with Gasteiger partial charge in [-0.15, -0.1) is 0 Å². The first-order chi connectivity index (χ1) is 2.77. The number of aliphatic carboxylic acids is 1. The van der Waals surface area contributed by atoms with Crippen molar-refractivity contribution in [2.24, 2.45) is 0 Å². The van der Waals surface area contributed by atoms with E-state index in [0.29, 0.717) is 6.42 Å². The van der Waals surface area contributed by atoms with Crippen LogP contribution < -0.4 is 5.11 Å². The first-order valence-corrected chi connectivity index (χ1v) is 1.97. The molecule has 0 radical (unpaired) electrons. The summed E-state index contributed by atoms with van der Waals surface area (Å²) in [4.78, 5) is 9.49. The van der Waals surface area contributed by atoms with Gasteiger partial charge in [-0.05, 0) is 6.42 Å². The van der Waals surface area contributed by atoms with E-state index in [2.05, 4.69) is 0 Å². The largest absolute Gasteiger partial charge is 2.00 e. The summed E-state index contributed by atoms with van der Waals surface area (Å²) >= 11 is 0. The third-order valence-electron chi connectivity index (χ3n) is 0.454. The molecule has 5 heteroatoms. The van der Waals surface area contributed by atoms with Crippen LogP contribution in [0.2, 0.25) is 0 Å². The van der Waals surface area contributed by atoms with Gasteiger partial charge >= 0.3 is 37.7 Å². The molecule has 0 spiro atoms. The number of hydrogen-bond acceptors (Lipinski definition) is 2. The number of carboxylic acids is 1. The summed E-state index contributed by atoms with van der Waals surface area (Å²) in [5, 5.41) is 9.49. The van der Waals surface area contributed by atoms with Gasteiger partial charge in [-0.2, -0.15) is 0 Å². The monoisotopic (exact) mass is 163 g/mol. The van der Waals surface area contributed by atoms with Crippen LogP contribution in [0.1, 0.15) is 19.8 Å². The third kappa shape index (κ3) is 28.7. The molecule has 0 heterocycles. The summed E-state index contributed by atoms with van der Waals surface area (Å²) in [6, 6.07) is 0. The normalized spacial score (nSPS) is 5.44. The zero-order chi connectivity index (χ0) is 4.99. The molecular weight excluding hydrogens is 152 g/mol. The molecule has 0 fully saturated rings. The molecule has 0 aromatic heterocycles. The fraction of sp³-hybridized carbons (Fsp3) is 0.750. The standard InChI is InChI=1S/C4H8O2.Ca.2H2O/c1-2-3-4(5)6;;;/h2-3H2,1H3,(H,5,6);;2*1H2/q;+2;;/p-1. The van der Waals surface area contributed by atoms with E-state index in [1.54, 1.807) is 6.92 Å². The van der Waals surface area contributed by atoms with Gasteiger partial charge in [0.05, 0.1) is 0 Å². The molecule has 9 heavy (non-hydrogen) atoms. The van der Waals surface area contributed by atoms with Crippen LogP contribution in [0.4, 0.5) is 0 Å². The fourth-order valence-corrected chi connectivity index (χ4v) is 0.204. The van der Waals surface area contributed by atoms with Crippen LogP contribution >= 0.6 is 0 Å². The van der Waals surface area contributed by atoms with Crippen LogP contribution in [0.3, 0.4) is 0 Å². The minimum atomic E-state index is -0.961. The number of carbonyl (C=O) groups excluding carboxylic acids is 1. The second-order valence-electron chi connectivity index (χ2n) is 1.12. The number of hydrogen-bond donors (Lipinski definition) is 0. The molecule has 0 aromatic rings. The van der Waals surface area contributed by atoms with Crippen molar-refractivity contribution in [1.82, 2.24) is 0 Å². The van der Waals surface area contributed by atoms with Gasteiger partial charge in [-0.3, -0.25) is 0 Å². The van der Waals surface area contributed by atoms with E-state index in [9.17, 15) is 9.90 Å². The van der Waals surface area contributed by atoms with Crippen molar-refractivity contribution < 1.29 is 20.9 Å². The molecule has 52 valence electrons. The second-order valence-corrected chi connectivity index (χ2v) is 1.12. The Labute approximate surface area is 83.9 Å². The van der Waals surface area contributed by atoms with Crippen molar-refractivity contribution in [2.75, 3.05) is 0 Å². The van der Waals surface area contributed by atoms with E-state index >= 15 is 0 Å². The van der Waals surface area contributed by atoms with E-state index in [1.807, 2.05) is 0 Å². The van der Waals surface area contributed by atoms with Crippen molar-refractivity contribution in [3.63, 3.8) is 0 Å². The summed E-state index contributed by atoms with van der Waals surface area (Å²) < 4.78 is 0. The van der Waals surface area contributed by atoms with E-state index in [4.69, 9.17) is 0 Å². The topological polar surface area (TPSA) is 103 Å². The number of rotatable bonds is 2. The van der Waals surface area contributed by atoms with Crippen LogP contribution in [0.15, 0.2) is 0 Å². The van der Waals surface area contributed by atoms with Gasteiger partial charge in [-0.25, -0.2) is 0 Å². The average Bonchev–Trinajstić information content (AvgIpc) is 1.35. The molecule has 0 unspecified atom stereocenters. The van der Waals surface area contributed by atoms with Gasteiger partial charge < -0.3 is 20.9 Å². The Morgan fingerprint density at radius 3 is 1.78 bits per heavy atom. The Morgan fingerprint density at radius 1 is 1.44 bits per heavy atom. The quantitative estimate of drug-likeness (QED) is 0.420. The molecule has 4 nitrogen and oxygen atoms in total. The first kappa shape index (κ1) is 22.6. The predicted octanol–water partition coefficient (Wildman–Crippen LogP) is -2.49. The minimum Gasteiger partial charge on any atom is -0.550 e. The second kappa shape index (κ2) is 15.9. The van der Waals surface area contributed by atoms with Gasteiger partial charge in [-0.1, -0.05) is 13.3 Å². The molecule has 0 atom stereocenters. The van der Waals surface area contributed by atoms with Crippen LogP contribution in [0, 0.1) is 0 Å². The molecule has 0 aromatic carbocycles. The summed E-state index contributed by atoms with van der Waals surface area (Å²) in [5.41, 5.74) is 0. The summed E-state index contributed by atoms with van der Waals surface area (Å²) in [6.45, 7) is 1.80. The first-order valence-electron chi connectivity index (χ1n) is 1.97. The van der Waals surface area contributed by atoms with Gasteiger partial charge in [0.15, 0.2) is 0 Å². The van der Waals surface area contributed by atoms with Crippen LogP contribution in [0.25, 0.3) is 0 Å². The summed E-state index contributed by atoms with van der Waals surface area (Å²) in [6.07, 6.45) is 0.850. The van der Waals surface area contributed by atoms with Crippen LogP contribution in [0.5, 0.6) is 0 Å². The van der Waals surface area contributed by atoms with Crippen molar-refractivity contribution in [1.29, 1.82) is 0 Å². The Hall–Kier alpha value is 0.650.